The van der Waals surface area contributed by atoms with Crippen molar-refractivity contribution in [2.24, 2.45) is 5.92 Å². The molecule has 5 nitrogen and oxygen atoms in total. The number of aryl methyl sites for hydroxylation is 1. The summed E-state index contributed by atoms with van der Waals surface area (Å²) in [4.78, 5) is 16.6. The van der Waals surface area contributed by atoms with Gasteiger partial charge in [0.1, 0.15) is 5.75 Å². The second-order valence-corrected chi connectivity index (χ2v) is 8.38. The molecule has 0 aliphatic carbocycles. The molecule has 0 aliphatic rings. The highest BCUT2D eigenvalue weighted by Gasteiger charge is 2.12. The summed E-state index contributed by atoms with van der Waals surface area (Å²) < 4.78 is 10.2. The second kappa shape index (κ2) is 9.65. The van der Waals surface area contributed by atoms with Gasteiger partial charge in [0.15, 0.2) is 5.82 Å². The first kappa shape index (κ1) is 21.0. The zero-order valence-electron chi connectivity index (χ0n) is 17.3. The molecule has 1 aromatic heterocycles. The smallest absolute Gasteiger partial charge is 0.298 e. The fraction of sp³-hybridized carbons (Fsp3) is 0.348. The third-order valence-electron chi connectivity index (χ3n) is 4.81. The van der Waals surface area contributed by atoms with Gasteiger partial charge in [0, 0.05) is 24.0 Å². The van der Waals surface area contributed by atoms with Gasteiger partial charge in [-0.2, -0.15) is 9.36 Å². The fourth-order valence-electron chi connectivity index (χ4n) is 2.67. The lowest BCUT2D eigenvalue weighted by atomic mass is 10.1. The van der Waals surface area contributed by atoms with Crippen molar-refractivity contribution in [3.63, 3.8) is 0 Å². The zero-order chi connectivity index (χ0) is 20.8. The summed E-state index contributed by atoms with van der Waals surface area (Å²) in [6.45, 7) is 8.28. The number of ether oxygens (including phenoxy) is 1. The minimum absolute atomic E-state index is 0.0322. The van der Waals surface area contributed by atoms with Crippen molar-refractivity contribution >= 4 is 17.4 Å². The van der Waals surface area contributed by atoms with Gasteiger partial charge in [-0.3, -0.25) is 4.79 Å². The van der Waals surface area contributed by atoms with Crippen LogP contribution in [0.1, 0.15) is 43.3 Å². The number of nitrogens with one attached hydrogen (secondary N) is 1. The van der Waals surface area contributed by atoms with E-state index in [0.717, 1.165) is 11.4 Å². The lowest BCUT2D eigenvalue weighted by molar-refractivity contribution is -0.121. The Kier molecular flexibility index (Phi) is 6.99. The molecular formula is C23H27N3O2S. The van der Waals surface area contributed by atoms with Gasteiger partial charge in [-0.25, -0.2) is 0 Å². The van der Waals surface area contributed by atoms with Crippen LogP contribution in [-0.4, -0.2) is 21.3 Å². The Hall–Kier alpha value is -2.73. The summed E-state index contributed by atoms with van der Waals surface area (Å²) >= 11 is 1.24. The highest BCUT2D eigenvalue weighted by Crippen LogP contribution is 2.24. The molecule has 0 aliphatic heterocycles. The van der Waals surface area contributed by atoms with Gasteiger partial charge in [-0.1, -0.05) is 55.8 Å². The standard InChI is InChI=1S/C23H27N3O2S/c1-15(2)17(4)24-22(27)14-19-9-11-20(12-10-19)28-23-25-21(26-29-23)13-18-7-5-16(3)6-8-18/h5-12,15,17H,13-14H2,1-4H3,(H,24,27)/t17-/m0/s1. The molecule has 3 aromatic rings. The summed E-state index contributed by atoms with van der Waals surface area (Å²) in [5.74, 6) is 1.88. The van der Waals surface area contributed by atoms with Gasteiger partial charge < -0.3 is 10.1 Å². The minimum Gasteiger partial charge on any atom is -0.430 e. The average Bonchev–Trinajstić information content (AvgIpc) is 3.12. The van der Waals surface area contributed by atoms with Gasteiger partial charge in [-0.15, -0.1) is 0 Å². The molecule has 0 radical (unpaired) electrons. The molecule has 152 valence electrons. The maximum atomic E-state index is 12.1. The maximum Gasteiger partial charge on any atom is 0.298 e. The monoisotopic (exact) mass is 409 g/mol. The van der Waals surface area contributed by atoms with Crippen LogP contribution in [0.4, 0.5) is 0 Å². The lowest BCUT2D eigenvalue weighted by Gasteiger charge is -2.17. The van der Waals surface area contributed by atoms with Crippen LogP contribution < -0.4 is 10.1 Å². The van der Waals surface area contributed by atoms with E-state index in [1.165, 1.54) is 22.7 Å². The number of carbonyl (C=O) groups is 1. The van der Waals surface area contributed by atoms with Crippen molar-refractivity contribution in [2.45, 2.75) is 46.6 Å². The van der Waals surface area contributed by atoms with E-state index in [2.05, 4.69) is 59.7 Å². The molecule has 2 aromatic carbocycles. The molecule has 0 unspecified atom stereocenters. The fourth-order valence-corrected chi connectivity index (χ4v) is 3.24. The van der Waals surface area contributed by atoms with Crippen molar-refractivity contribution in [1.29, 1.82) is 0 Å². The zero-order valence-corrected chi connectivity index (χ0v) is 18.1. The molecule has 0 bridgehead atoms. The number of benzene rings is 2. The highest BCUT2D eigenvalue weighted by atomic mass is 32.1. The van der Waals surface area contributed by atoms with Crippen molar-refractivity contribution in [3.8, 4) is 10.9 Å². The van der Waals surface area contributed by atoms with Gasteiger partial charge >= 0.3 is 0 Å². The van der Waals surface area contributed by atoms with Crippen LogP contribution in [0.2, 0.25) is 0 Å². The van der Waals surface area contributed by atoms with E-state index in [1.54, 1.807) is 0 Å². The Balaban J connectivity index is 1.54. The first-order valence-corrected chi connectivity index (χ1v) is 10.6. The predicted octanol–water partition coefficient (Wildman–Crippen LogP) is 4.93. The quantitative estimate of drug-likeness (QED) is 0.573. The molecule has 1 N–H and O–H groups in total. The number of amides is 1. The van der Waals surface area contributed by atoms with Crippen molar-refractivity contribution in [1.82, 2.24) is 14.7 Å². The van der Waals surface area contributed by atoms with Crippen LogP contribution in [0, 0.1) is 12.8 Å². The van der Waals surface area contributed by atoms with Crippen molar-refractivity contribution < 1.29 is 9.53 Å². The van der Waals surface area contributed by atoms with Crippen molar-refractivity contribution in [3.05, 3.63) is 71.0 Å². The number of hydrogen-bond donors (Lipinski definition) is 1. The van der Waals surface area contributed by atoms with Crippen LogP contribution in [-0.2, 0) is 17.6 Å². The summed E-state index contributed by atoms with van der Waals surface area (Å²) in [5.41, 5.74) is 3.36. The summed E-state index contributed by atoms with van der Waals surface area (Å²) in [7, 11) is 0. The largest absolute Gasteiger partial charge is 0.430 e. The molecule has 29 heavy (non-hydrogen) atoms. The van der Waals surface area contributed by atoms with E-state index in [0.29, 0.717) is 29.7 Å². The molecule has 1 atom stereocenters. The average molecular weight is 410 g/mol. The van der Waals surface area contributed by atoms with E-state index in [1.807, 2.05) is 31.2 Å². The third-order valence-corrected chi connectivity index (χ3v) is 5.45. The first-order chi connectivity index (χ1) is 13.9. The Bertz CT molecular complexity index is 934. The predicted molar refractivity (Wildman–Crippen MR) is 117 cm³/mol. The van der Waals surface area contributed by atoms with E-state index in [4.69, 9.17) is 4.74 Å². The van der Waals surface area contributed by atoms with Gasteiger partial charge in [-0.05, 0) is 43.0 Å². The minimum atomic E-state index is 0.0322. The van der Waals surface area contributed by atoms with E-state index in [9.17, 15) is 4.79 Å². The molecule has 1 heterocycles. The number of rotatable bonds is 8. The molecule has 1 amide bonds. The van der Waals surface area contributed by atoms with E-state index < -0.39 is 0 Å². The SMILES string of the molecule is Cc1ccc(Cc2nsc(Oc3ccc(CC(=O)N[C@@H](C)C(C)C)cc3)n2)cc1. The van der Waals surface area contributed by atoms with Crippen LogP contribution in [0.15, 0.2) is 48.5 Å². The molecule has 3 rings (SSSR count). The van der Waals surface area contributed by atoms with Crippen LogP contribution in [0.3, 0.4) is 0 Å². The van der Waals surface area contributed by atoms with E-state index >= 15 is 0 Å². The topological polar surface area (TPSA) is 64.1 Å². The molecular weight excluding hydrogens is 382 g/mol. The summed E-state index contributed by atoms with van der Waals surface area (Å²) in [6, 6.07) is 16.0. The molecule has 0 saturated carbocycles. The Morgan fingerprint density at radius 1 is 1.03 bits per heavy atom. The number of aromatic nitrogens is 2. The Morgan fingerprint density at radius 2 is 1.69 bits per heavy atom. The number of carbonyl (C=O) groups excluding carboxylic acids is 1. The second-order valence-electron chi connectivity index (χ2n) is 7.66. The van der Waals surface area contributed by atoms with Crippen molar-refractivity contribution in [2.75, 3.05) is 0 Å². The Morgan fingerprint density at radius 3 is 2.34 bits per heavy atom. The maximum absolute atomic E-state index is 12.1. The van der Waals surface area contributed by atoms with E-state index in [-0.39, 0.29) is 11.9 Å². The highest BCUT2D eigenvalue weighted by molar-refractivity contribution is 7.07. The molecule has 0 spiro atoms. The number of hydrogen-bond acceptors (Lipinski definition) is 5. The number of nitrogens with zero attached hydrogens (tertiary/aromatic N) is 2. The Labute approximate surface area is 176 Å². The van der Waals surface area contributed by atoms with Gasteiger partial charge in [0.25, 0.3) is 5.19 Å². The normalized spacial score (nSPS) is 12.0. The lowest BCUT2D eigenvalue weighted by Crippen LogP contribution is -2.37. The van der Waals surface area contributed by atoms with Gasteiger partial charge in [0.05, 0.1) is 6.42 Å². The van der Waals surface area contributed by atoms with Crippen LogP contribution in [0.25, 0.3) is 0 Å². The van der Waals surface area contributed by atoms with Gasteiger partial charge in [0.2, 0.25) is 5.91 Å². The third kappa shape index (κ3) is 6.39. The molecule has 0 fully saturated rings. The summed E-state index contributed by atoms with van der Waals surface area (Å²) in [5, 5.41) is 3.54. The van der Waals surface area contributed by atoms with Crippen LogP contribution in [0.5, 0.6) is 10.9 Å². The van der Waals surface area contributed by atoms with Crippen LogP contribution >= 0.6 is 11.5 Å². The molecule has 0 saturated heterocycles. The molecule has 6 heteroatoms. The first-order valence-electron chi connectivity index (χ1n) is 9.83. The summed E-state index contributed by atoms with van der Waals surface area (Å²) in [6.07, 6.45) is 1.04.